The van der Waals surface area contributed by atoms with Gasteiger partial charge in [-0.3, -0.25) is 15.1 Å². The summed E-state index contributed by atoms with van der Waals surface area (Å²) in [6.07, 6.45) is 4.31. The highest BCUT2D eigenvalue weighted by Gasteiger charge is 2.19. The molecule has 0 radical (unpaired) electrons. The average molecular weight is 288 g/mol. The fourth-order valence-electron chi connectivity index (χ4n) is 1.92. The van der Waals surface area contributed by atoms with E-state index in [-0.39, 0.29) is 11.4 Å². The highest BCUT2D eigenvalue weighted by atomic mass is 16.6. The van der Waals surface area contributed by atoms with Gasteiger partial charge in [-0.1, -0.05) is 0 Å². The van der Waals surface area contributed by atoms with Crippen molar-refractivity contribution in [3.63, 3.8) is 0 Å². The van der Waals surface area contributed by atoms with Crippen molar-refractivity contribution in [2.24, 2.45) is 0 Å². The van der Waals surface area contributed by atoms with Gasteiger partial charge in [-0.25, -0.2) is 4.79 Å². The molecule has 1 aromatic carbocycles. The van der Waals surface area contributed by atoms with Gasteiger partial charge in [0.1, 0.15) is 5.52 Å². The quantitative estimate of drug-likeness (QED) is 0.371. The molecule has 0 N–H and O–H groups in total. The summed E-state index contributed by atoms with van der Waals surface area (Å²) in [5.41, 5.74) is 0.879. The predicted octanol–water partition coefficient (Wildman–Crippen LogP) is 2.34. The Bertz CT molecular complexity index is 739. The number of ether oxygens (including phenoxy) is 2. The maximum Gasteiger partial charge on any atom is 0.330 e. The minimum Gasteiger partial charge on any atom is -0.489 e. The summed E-state index contributed by atoms with van der Waals surface area (Å²) in [4.78, 5) is 25.7. The number of nitro benzene ring substituents is 1. The molecule has 0 saturated carbocycles. The average Bonchev–Trinajstić information content (AvgIpc) is 2.50. The Kier molecular flexibility index (Phi) is 4.13. The molecule has 7 heteroatoms. The standard InChI is InChI=1S/C14H12N2O5/c1-20-12(17)6-3-9-7-8-15-13-10(9)4-5-11(16(18)19)14(13)21-2/h3-8H,1-2H3. The Balaban J connectivity index is 2.64. The summed E-state index contributed by atoms with van der Waals surface area (Å²) >= 11 is 0. The molecule has 0 spiro atoms. The van der Waals surface area contributed by atoms with Gasteiger partial charge in [0.15, 0.2) is 0 Å². The summed E-state index contributed by atoms with van der Waals surface area (Å²) in [7, 11) is 2.63. The zero-order valence-electron chi connectivity index (χ0n) is 11.4. The summed E-state index contributed by atoms with van der Waals surface area (Å²) in [5, 5.41) is 11.6. The van der Waals surface area contributed by atoms with Gasteiger partial charge < -0.3 is 9.47 Å². The van der Waals surface area contributed by atoms with Crippen molar-refractivity contribution in [1.82, 2.24) is 4.98 Å². The van der Waals surface area contributed by atoms with Gasteiger partial charge in [-0.15, -0.1) is 0 Å². The minimum atomic E-state index is -0.531. The molecule has 2 rings (SSSR count). The van der Waals surface area contributed by atoms with Gasteiger partial charge in [-0.2, -0.15) is 0 Å². The molecule has 21 heavy (non-hydrogen) atoms. The number of benzene rings is 1. The summed E-state index contributed by atoms with van der Waals surface area (Å²) < 4.78 is 9.63. The number of hydrogen-bond donors (Lipinski definition) is 0. The number of nitrogens with zero attached hydrogens (tertiary/aromatic N) is 2. The van der Waals surface area contributed by atoms with E-state index >= 15 is 0 Å². The Morgan fingerprint density at radius 2 is 2.10 bits per heavy atom. The van der Waals surface area contributed by atoms with Crippen LogP contribution in [0.3, 0.4) is 0 Å². The largest absolute Gasteiger partial charge is 0.489 e. The molecule has 0 aliphatic heterocycles. The summed E-state index contributed by atoms with van der Waals surface area (Å²) in [6.45, 7) is 0. The van der Waals surface area contributed by atoms with Crippen LogP contribution in [0.4, 0.5) is 5.69 Å². The lowest BCUT2D eigenvalue weighted by Crippen LogP contribution is -1.97. The van der Waals surface area contributed by atoms with Gasteiger partial charge in [0.25, 0.3) is 0 Å². The fraction of sp³-hybridized carbons (Fsp3) is 0.143. The fourth-order valence-corrected chi connectivity index (χ4v) is 1.92. The SMILES string of the molecule is COC(=O)C=Cc1ccnc2c(OC)c([N+](=O)[O-])ccc12. The Morgan fingerprint density at radius 1 is 1.33 bits per heavy atom. The van der Waals surface area contributed by atoms with E-state index in [2.05, 4.69) is 9.72 Å². The highest BCUT2D eigenvalue weighted by molar-refractivity contribution is 5.97. The van der Waals surface area contributed by atoms with E-state index in [0.29, 0.717) is 16.5 Å². The third-order valence-electron chi connectivity index (χ3n) is 2.88. The molecule has 108 valence electrons. The molecule has 0 aliphatic rings. The van der Waals surface area contributed by atoms with E-state index in [1.165, 1.54) is 32.6 Å². The number of esters is 1. The van der Waals surface area contributed by atoms with Crippen molar-refractivity contribution in [3.8, 4) is 5.75 Å². The van der Waals surface area contributed by atoms with Crippen LogP contribution in [-0.2, 0) is 9.53 Å². The molecule has 7 nitrogen and oxygen atoms in total. The van der Waals surface area contributed by atoms with E-state index in [1.807, 2.05) is 0 Å². The summed E-state index contributed by atoms with van der Waals surface area (Å²) in [5.74, 6) is -0.403. The Labute approximate surface area is 120 Å². The number of pyridine rings is 1. The second-order valence-electron chi connectivity index (χ2n) is 4.03. The van der Waals surface area contributed by atoms with Gasteiger partial charge in [0, 0.05) is 23.7 Å². The molecule has 0 aliphatic carbocycles. The molecule has 0 amide bonds. The first kappa shape index (κ1) is 14.4. The van der Waals surface area contributed by atoms with Crippen LogP contribution in [0.25, 0.3) is 17.0 Å². The lowest BCUT2D eigenvalue weighted by molar-refractivity contribution is -0.385. The lowest BCUT2D eigenvalue weighted by Gasteiger charge is -2.07. The zero-order chi connectivity index (χ0) is 15.4. The van der Waals surface area contributed by atoms with Gasteiger partial charge in [0.05, 0.1) is 19.1 Å². The number of methoxy groups -OCH3 is 2. The van der Waals surface area contributed by atoms with Crippen LogP contribution in [0.15, 0.2) is 30.5 Å². The first-order valence-corrected chi connectivity index (χ1v) is 5.94. The van der Waals surface area contributed by atoms with E-state index in [0.717, 1.165) is 0 Å². The zero-order valence-corrected chi connectivity index (χ0v) is 11.4. The van der Waals surface area contributed by atoms with Crippen LogP contribution in [0, 0.1) is 10.1 Å². The maximum atomic E-state index is 11.1. The molecule has 0 saturated heterocycles. The first-order chi connectivity index (χ1) is 10.1. The van der Waals surface area contributed by atoms with Crippen molar-refractivity contribution in [2.75, 3.05) is 14.2 Å². The van der Waals surface area contributed by atoms with Crippen molar-refractivity contribution in [2.45, 2.75) is 0 Å². The van der Waals surface area contributed by atoms with Gasteiger partial charge >= 0.3 is 11.7 Å². The Hall–Kier alpha value is -2.96. The van der Waals surface area contributed by atoms with Crippen LogP contribution in [0.5, 0.6) is 5.75 Å². The molecular weight excluding hydrogens is 276 g/mol. The van der Waals surface area contributed by atoms with Crippen LogP contribution in [-0.4, -0.2) is 30.1 Å². The molecule has 2 aromatic rings. The second kappa shape index (κ2) is 6.00. The van der Waals surface area contributed by atoms with E-state index in [1.54, 1.807) is 18.2 Å². The summed E-state index contributed by atoms with van der Waals surface area (Å²) in [6, 6.07) is 4.60. The monoisotopic (exact) mass is 288 g/mol. The number of hydrogen-bond acceptors (Lipinski definition) is 6. The third kappa shape index (κ3) is 2.81. The Morgan fingerprint density at radius 3 is 2.71 bits per heavy atom. The van der Waals surface area contributed by atoms with Crippen LogP contribution in [0.1, 0.15) is 5.56 Å². The highest BCUT2D eigenvalue weighted by Crippen LogP contribution is 2.35. The number of carbonyl (C=O) groups excluding carboxylic acids is 1. The van der Waals surface area contributed by atoms with Crippen LogP contribution < -0.4 is 4.74 Å². The number of nitro groups is 1. The number of aromatic nitrogens is 1. The third-order valence-corrected chi connectivity index (χ3v) is 2.88. The molecule has 0 fully saturated rings. The molecule has 0 atom stereocenters. The molecular formula is C14H12N2O5. The van der Waals surface area contributed by atoms with Crippen molar-refractivity contribution >= 4 is 28.6 Å². The van der Waals surface area contributed by atoms with Crippen molar-refractivity contribution in [1.29, 1.82) is 0 Å². The molecule has 0 bridgehead atoms. The maximum absolute atomic E-state index is 11.1. The van der Waals surface area contributed by atoms with E-state index < -0.39 is 10.9 Å². The predicted molar refractivity (Wildman–Crippen MR) is 76.0 cm³/mol. The topological polar surface area (TPSA) is 91.6 Å². The lowest BCUT2D eigenvalue weighted by atomic mass is 10.1. The van der Waals surface area contributed by atoms with Crippen LogP contribution in [0.2, 0.25) is 0 Å². The number of rotatable bonds is 4. The molecule has 1 aromatic heterocycles. The van der Waals surface area contributed by atoms with Crippen molar-refractivity contribution in [3.05, 3.63) is 46.1 Å². The normalized spacial score (nSPS) is 10.8. The van der Waals surface area contributed by atoms with E-state index in [9.17, 15) is 14.9 Å². The molecule has 1 heterocycles. The van der Waals surface area contributed by atoms with Crippen LogP contribution >= 0.6 is 0 Å². The number of carbonyl (C=O) groups is 1. The second-order valence-corrected chi connectivity index (χ2v) is 4.03. The van der Waals surface area contributed by atoms with Crippen molar-refractivity contribution < 1.29 is 19.2 Å². The first-order valence-electron chi connectivity index (χ1n) is 5.94. The number of fused-ring (bicyclic) bond motifs is 1. The molecule has 0 unspecified atom stereocenters. The van der Waals surface area contributed by atoms with E-state index in [4.69, 9.17) is 4.74 Å². The van der Waals surface area contributed by atoms with Gasteiger partial charge in [-0.05, 0) is 23.8 Å². The van der Waals surface area contributed by atoms with Gasteiger partial charge in [0.2, 0.25) is 5.75 Å². The smallest absolute Gasteiger partial charge is 0.330 e. The minimum absolute atomic E-state index is 0.0887.